The predicted octanol–water partition coefficient (Wildman–Crippen LogP) is 5.04. The highest BCUT2D eigenvalue weighted by molar-refractivity contribution is 7.90. The maximum Gasteiger partial charge on any atom is 0.405 e. The quantitative estimate of drug-likeness (QED) is 0.297. The highest BCUT2D eigenvalue weighted by Gasteiger charge is 2.40. The Hall–Kier alpha value is -3.92. The summed E-state index contributed by atoms with van der Waals surface area (Å²) in [5.41, 5.74) is 2.86. The van der Waals surface area contributed by atoms with E-state index in [-0.39, 0.29) is 10.9 Å². The Morgan fingerprint density at radius 2 is 1.75 bits per heavy atom. The van der Waals surface area contributed by atoms with Crippen molar-refractivity contribution < 1.29 is 22.7 Å². The minimum absolute atomic E-state index is 0.169. The predicted molar refractivity (Wildman–Crippen MR) is 137 cm³/mol. The molecule has 3 N–H and O–H groups in total. The average Bonchev–Trinajstić information content (AvgIpc) is 3.21. The lowest BCUT2D eigenvalue weighted by Gasteiger charge is -2.42. The number of amides is 1. The van der Waals surface area contributed by atoms with Crippen LogP contribution in [0.15, 0.2) is 64.2 Å². The van der Waals surface area contributed by atoms with E-state index in [1.165, 1.54) is 0 Å². The molecule has 0 saturated heterocycles. The van der Waals surface area contributed by atoms with Crippen molar-refractivity contribution in [1.29, 1.82) is 0 Å². The van der Waals surface area contributed by atoms with E-state index in [9.17, 15) is 18.3 Å². The van der Waals surface area contributed by atoms with Crippen LogP contribution in [0.2, 0.25) is 0 Å². The number of hydrogen-bond donors (Lipinski definition) is 3. The molecule has 186 valence electrons. The standard InChI is InChI=1S/C26H26N4O5S/c1-3-27-22-20-19(16-8-5-4-6-9-16)21(35-23(20)29-24(28-22)36(2,33)34)17-10-12-18(13-11-17)26(14-7-15-26)30-25(31)32/h4-6,8-13,30H,3,7,14-15H2,1-2H3,(H,31,32)(H,27,28,29). The van der Waals surface area contributed by atoms with Crippen LogP contribution in [0.5, 0.6) is 0 Å². The molecule has 5 rings (SSSR count). The van der Waals surface area contributed by atoms with Gasteiger partial charge in [-0.15, -0.1) is 0 Å². The van der Waals surface area contributed by atoms with Crippen LogP contribution in [-0.2, 0) is 15.4 Å². The second kappa shape index (κ2) is 8.94. The summed E-state index contributed by atoms with van der Waals surface area (Å²) in [6.07, 6.45) is 2.46. The molecule has 2 heterocycles. The minimum Gasteiger partial charge on any atom is -0.465 e. The summed E-state index contributed by atoms with van der Waals surface area (Å²) < 4.78 is 30.8. The van der Waals surface area contributed by atoms with E-state index in [0.29, 0.717) is 23.5 Å². The van der Waals surface area contributed by atoms with Crippen molar-refractivity contribution >= 4 is 32.8 Å². The minimum atomic E-state index is -3.67. The Balaban J connectivity index is 1.71. The maximum atomic E-state index is 12.3. The van der Waals surface area contributed by atoms with Gasteiger partial charge in [0.1, 0.15) is 11.6 Å². The normalized spacial score (nSPS) is 14.8. The highest BCUT2D eigenvalue weighted by Crippen LogP contribution is 2.45. The molecular formula is C26H26N4O5S. The molecule has 2 aromatic carbocycles. The van der Waals surface area contributed by atoms with Crippen molar-refractivity contribution in [2.45, 2.75) is 36.9 Å². The number of sulfone groups is 1. The number of hydrogen-bond acceptors (Lipinski definition) is 7. The van der Waals surface area contributed by atoms with Gasteiger partial charge in [0.2, 0.25) is 15.6 Å². The summed E-state index contributed by atoms with van der Waals surface area (Å²) in [6, 6.07) is 17.2. The van der Waals surface area contributed by atoms with Gasteiger partial charge < -0.3 is 20.2 Å². The van der Waals surface area contributed by atoms with Crippen LogP contribution in [0.1, 0.15) is 31.7 Å². The fourth-order valence-electron chi connectivity index (χ4n) is 4.69. The number of anilines is 1. The van der Waals surface area contributed by atoms with Gasteiger partial charge in [-0.2, -0.15) is 4.98 Å². The lowest BCUT2D eigenvalue weighted by molar-refractivity contribution is 0.144. The number of furan rings is 1. The molecule has 36 heavy (non-hydrogen) atoms. The molecule has 1 fully saturated rings. The molecule has 10 heteroatoms. The Morgan fingerprint density at radius 1 is 1.06 bits per heavy atom. The van der Waals surface area contributed by atoms with Gasteiger partial charge in [0.15, 0.2) is 0 Å². The third-order valence-electron chi connectivity index (χ3n) is 6.52. The van der Waals surface area contributed by atoms with Crippen LogP contribution in [0, 0.1) is 0 Å². The van der Waals surface area contributed by atoms with E-state index in [1.807, 2.05) is 61.5 Å². The van der Waals surface area contributed by atoms with Crippen molar-refractivity contribution in [2.24, 2.45) is 0 Å². The molecular weight excluding hydrogens is 480 g/mol. The molecule has 9 nitrogen and oxygen atoms in total. The zero-order valence-electron chi connectivity index (χ0n) is 19.9. The topological polar surface area (TPSA) is 134 Å². The number of carboxylic acid groups (broad SMARTS) is 1. The smallest absolute Gasteiger partial charge is 0.405 e. The van der Waals surface area contributed by atoms with Gasteiger partial charge in [0.05, 0.1) is 10.9 Å². The summed E-state index contributed by atoms with van der Waals surface area (Å²) >= 11 is 0. The first-order valence-corrected chi connectivity index (χ1v) is 13.6. The molecule has 0 spiro atoms. The van der Waals surface area contributed by atoms with Gasteiger partial charge >= 0.3 is 6.09 Å². The van der Waals surface area contributed by atoms with E-state index in [0.717, 1.165) is 47.8 Å². The zero-order chi connectivity index (χ0) is 25.5. The van der Waals surface area contributed by atoms with E-state index < -0.39 is 21.5 Å². The van der Waals surface area contributed by atoms with Gasteiger partial charge in [0, 0.05) is 23.9 Å². The molecule has 1 aliphatic carbocycles. The van der Waals surface area contributed by atoms with Crippen LogP contribution in [-0.4, -0.2) is 42.4 Å². The number of benzene rings is 2. The largest absolute Gasteiger partial charge is 0.465 e. The maximum absolute atomic E-state index is 12.3. The number of fused-ring (bicyclic) bond motifs is 1. The number of aromatic nitrogens is 2. The van der Waals surface area contributed by atoms with E-state index in [1.54, 1.807) is 0 Å². The third kappa shape index (κ3) is 4.17. The van der Waals surface area contributed by atoms with Crippen molar-refractivity contribution in [3.05, 3.63) is 60.2 Å². The fraction of sp³-hybridized carbons (Fsp3) is 0.269. The monoisotopic (exact) mass is 506 g/mol. The van der Waals surface area contributed by atoms with Crippen LogP contribution in [0.4, 0.5) is 10.6 Å². The van der Waals surface area contributed by atoms with Crippen molar-refractivity contribution in [3.8, 4) is 22.5 Å². The molecule has 1 saturated carbocycles. The Labute approximate surface area is 208 Å². The van der Waals surface area contributed by atoms with Crippen LogP contribution >= 0.6 is 0 Å². The van der Waals surface area contributed by atoms with E-state index in [4.69, 9.17) is 4.42 Å². The molecule has 0 bridgehead atoms. The first-order valence-electron chi connectivity index (χ1n) is 11.7. The SMILES string of the molecule is CCNc1nc(S(C)(=O)=O)nc2oc(-c3ccc(C4(NC(=O)O)CCC4)cc3)c(-c3ccccc3)c12. The summed E-state index contributed by atoms with van der Waals surface area (Å²) in [7, 11) is -3.67. The number of rotatable bonds is 7. The number of nitrogens with one attached hydrogen (secondary N) is 2. The molecule has 0 aliphatic heterocycles. The lowest BCUT2D eigenvalue weighted by atomic mass is 9.72. The van der Waals surface area contributed by atoms with Gasteiger partial charge in [-0.05, 0) is 37.3 Å². The van der Waals surface area contributed by atoms with E-state index >= 15 is 0 Å². The second-order valence-electron chi connectivity index (χ2n) is 8.95. The van der Waals surface area contributed by atoms with Crippen molar-refractivity contribution in [1.82, 2.24) is 15.3 Å². The van der Waals surface area contributed by atoms with Crippen LogP contribution in [0.25, 0.3) is 33.6 Å². The van der Waals surface area contributed by atoms with Crippen molar-refractivity contribution in [2.75, 3.05) is 18.1 Å². The molecule has 0 unspecified atom stereocenters. The average molecular weight is 507 g/mol. The molecule has 1 aliphatic rings. The molecule has 0 radical (unpaired) electrons. The summed E-state index contributed by atoms with van der Waals surface area (Å²) in [5, 5.41) is 15.4. The highest BCUT2D eigenvalue weighted by atomic mass is 32.2. The van der Waals surface area contributed by atoms with Crippen LogP contribution in [0.3, 0.4) is 0 Å². The molecule has 2 aromatic heterocycles. The molecule has 1 amide bonds. The van der Waals surface area contributed by atoms with Gasteiger partial charge in [-0.3, -0.25) is 0 Å². The number of carbonyl (C=O) groups is 1. The first-order chi connectivity index (χ1) is 17.2. The van der Waals surface area contributed by atoms with Gasteiger partial charge in [-0.1, -0.05) is 54.6 Å². The Kier molecular flexibility index (Phi) is 5.91. The first kappa shape index (κ1) is 23.8. The van der Waals surface area contributed by atoms with Crippen LogP contribution < -0.4 is 10.6 Å². The summed E-state index contributed by atoms with van der Waals surface area (Å²) in [6.45, 7) is 2.43. The second-order valence-corrected chi connectivity index (χ2v) is 10.9. The fourth-order valence-corrected chi connectivity index (χ4v) is 5.19. The summed E-state index contributed by atoms with van der Waals surface area (Å²) in [4.78, 5) is 19.9. The lowest BCUT2D eigenvalue weighted by Crippen LogP contribution is -2.50. The molecule has 4 aromatic rings. The van der Waals surface area contributed by atoms with Gasteiger partial charge in [0.25, 0.3) is 5.16 Å². The number of nitrogens with zero attached hydrogens (tertiary/aromatic N) is 2. The Morgan fingerprint density at radius 3 is 2.31 bits per heavy atom. The third-order valence-corrected chi connectivity index (χ3v) is 7.37. The molecule has 0 atom stereocenters. The van der Waals surface area contributed by atoms with Gasteiger partial charge in [-0.25, -0.2) is 18.2 Å². The summed E-state index contributed by atoms with van der Waals surface area (Å²) in [5.74, 6) is 0.906. The zero-order valence-corrected chi connectivity index (χ0v) is 20.7. The Bertz CT molecular complexity index is 1540. The van der Waals surface area contributed by atoms with E-state index in [2.05, 4.69) is 20.6 Å². The van der Waals surface area contributed by atoms with Crippen molar-refractivity contribution in [3.63, 3.8) is 0 Å².